The lowest BCUT2D eigenvalue weighted by Crippen LogP contribution is -2.20. The average Bonchev–Trinajstić information content (AvgIpc) is 2.23. The summed E-state index contributed by atoms with van der Waals surface area (Å²) in [6, 6.07) is 6.71. The third-order valence-electron chi connectivity index (χ3n) is 1.94. The molecule has 14 heavy (non-hydrogen) atoms. The molecule has 0 aliphatic rings. The summed E-state index contributed by atoms with van der Waals surface area (Å²) in [7, 11) is 1.52. The van der Waals surface area contributed by atoms with Crippen molar-refractivity contribution in [2.45, 2.75) is 0 Å². The summed E-state index contributed by atoms with van der Waals surface area (Å²) in [4.78, 5) is 11.5. The molecule has 1 aromatic carbocycles. The SMILES string of the molecule is Cn1nnc2ccc(C#N)cc2c1=O. The fraction of sp³-hybridized carbons (Fsp3) is 0.111. The lowest BCUT2D eigenvalue weighted by molar-refractivity contribution is 0.656. The second-order valence-corrected chi connectivity index (χ2v) is 2.86. The third-order valence-corrected chi connectivity index (χ3v) is 1.94. The van der Waals surface area contributed by atoms with E-state index in [1.54, 1.807) is 12.1 Å². The van der Waals surface area contributed by atoms with Gasteiger partial charge in [0, 0.05) is 7.05 Å². The van der Waals surface area contributed by atoms with E-state index in [2.05, 4.69) is 10.3 Å². The standard InChI is InChI=1S/C9H6N4O/c1-13-9(14)7-4-6(5-10)2-3-8(7)11-12-13/h2-4H,1H3. The van der Waals surface area contributed by atoms with Gasteiger partial charge in [-0.1, -0.05) is 5.21 Å². The highest BCUT2D eigenvalue weighted by atomic mass is 16.1. The summed E-state index contributed by atoms with van der Waals surface area (Å²) in [6.07, 6.45) is 0. The van der Waals surface area contributed by atoms with Gasteiger partial charge >= 0.3 is 0 Å². The van der Waals surface area contributed by atoms with Crippen molar-refractivity contribution in [3.05, 3.63) is 34.1 Å². The molecule has 68 valence electrons. The van der Waals surface area contributed by atoms with E-state index in [9.17, 15) is 4.79 Å². The zero-order chi connectivity index (χ0) is 10.1. The summed E-state index contributed by atoms with van der Waals surface area (Å²) in [5, 5.41) is 16.5. The Hall–Kier alpha value is -2.22. The van der Waals surface area contributed by atoms with Gasteiger partial charge < -0.3 is 0 Å². The Bertz CT molecular complexity index is 594. The van der Waals surface area contributed by atoms with Crippen molar-refractivity contribution in [2.75, 3.05) is 0 Å². The van der Waals surface area contributed by atoms with E-state index in [0.29, 0.717) is 16.5 Å². The van der Waals surface area contributed by atoms with Crippen LogP contribution in [-0.4, -0.2) is 15.0 Å². The van der Waals surface area contributed by atoms with Crippen LogP contribution in [0.1, 0.15) is 5.56 Å². The van der Waals surface area contributed by atoms with Gasteiger partial charge in [-0.3, -0.25) is 4.79 Å². The Morgan fingerprint density at radius 2 is 2.29 bits per heavy atom. The van der Waals surface area contributed by atoms with Crippen LogP contribution in [0.3, 0.4) is 0 Å². The number of hydrogen-bond acceptors (Lipinski definition) is 4. The van der Waals surface area contributed by atoms with Crippen molar-refractivity contribution in [3.8, 4) is 6.07 Å². The van der Waals surface area contributed by atoms with Crippen molar-refractivity contribution < 1.29 is 0 Å². The van der Waals surface area contributed by atoms with E-state index in [1.807, 2.05) is 6.07 Å². The minimum Gasteiger partial charge on any atom is -0.267 e. The lowest BCUT2D eigenvalue weighted by atomic mass is 10.2. The van der Waals surface area contributed by atoms with Gasteiger partial charge in [0.1, 0.15) is 5.52 Å². The molecular weight excluding hydrogens is 180 g/mol. The van der Waals surface area contributed by atoms with Gasteiger partial charge in [-0.2, -0.15) is 5.26 Å². The van der Waals surface area contributed by atoms with E-state index in [4.69, 9.17) is 5.26 Å². The first-order valence-electron chi connectivity index (χ1n) is 3.96. The second-order valence-electron chi connectivity index (χ2n) is 2.86. The van der Waals surface area contributed by atoms with Gasteiger partial charge in [0.2, 0.25) is 0 Å². The first kappa shape index (κ1) is 8.38. The van der Waals surface area contributed by atoms with Crippen LogP contribution in [-0.2, 0) is 7.05 Å². The minimum atomic E-state index is -0.243. The van der Waals surface area contributed by atoms with Crippen LogP contribution in [0.25, 0.3) is 10.9 Å². The maximum Gasteiger partial charge on any atom is 0.277 e. The molecule has 1 aromatic heterocycles. The molecule has 2 aromatic rings. The lowest BCUT2D eigenvalue weighted by Gasteiger charge is -1.97. The van der Waals surface area contributed by atoms with Gasteiger partial charge in [-0.15, -0.1) is 5.10 Å². The van der Waals surface area contributed by atoms with Crippen molar-refractivity contribution >= 4 is 10.9 Å². The van der Waals surface area contributed by atoms with Crippen LogP contribution in [0.4, 0.5) is 0 Å². The topological polar surface area (TPSA) is 71.6 Å². The maximum absolute atomic E-state index is 11.5. The molecular formula is C9H6N4O. The minimum absolute atomic E-state index is 0.243. The Labute approximate surface area is 79.2 Å². The second kappa shape index (κ2) is 2.92. The molecule has 0 N–H and O–H groups in total. The smallest absolute Gasteiger partial charge is 0.267 e. The van der Waals surface area contributed by atoms with E-state index in [1.165, 1.54) is 13.1 Å². The monoisotopic (exact) mass is 186 g/mol. The van der Waals surface area contributed by atoms with E-state index in [-0.39, 0.29) is 5.56 Å². The molecule has 0 bridgehead atoms. The summed E-state index contributed by atoms with van der Waals surface area (Å²) in [6.45, 7) is 0. The van der Waals surface area contributed by atoms with Crippen molar-refractivity contribution in [1.82, 2.24) is 15.0 Å². The van der Waals surface area contributed by atoms with E-state index >= 15 is 0 Å². The Morgan fingerprint density at radius 1 is 1.50 bits per heavy atom. The highest BCUT2D eigenvalue weighted by molar-refractivity contribution is 5.78. The van der Waals surface area contributed by atoms with Crippen LogP contribution in [0.2, 0.25) is 0 Å². The predicted molar refractivity (Wildman–Crippen MR) is 49.5 cm³/mol. The largest absolute Gasteiger partial charge is 0.277 e. The summed E-state index contributed by atoms with van der Waals surface area (Å²) in [5.41, 5.74) is 0.710. The summed E-state index contributed by atoms with van der Waals surface area (Å²) < 4.78 is 1.14. The predicted octanol–water partition coefficient (Wildman–Crippen LogP) is 0.200. The van der Waals surface area contributed by atoms with Crippen LogP contribution in [0.15, 0.2) is 23.0 Å². The molecule has 0 amide bonds. The molecule has 0 atom stereocenters. The quantitative estimate of drug-likeness (QED) is 0.589. The number of benzene rings is 1. The molecule has 5 heteroatoms. The number of aromatic nitrogens is 3. The van der Waals surface area contributed by atoms with Crippen LogP contribution < -0.4 is 5.56 Å². The van der Waals surface area contributed by atoms with Crippen LogP contribution in [0.5, 0.6) is 0 Å². The number of nitriles is 1. The van der Waals surface area contributed by atoms with Gasteiger partial charge in [0.25, 0.3) is 5.56 Å². The molecule has 0 spiro atoms. The molecule has 0 radical (unpaired) electrons. The number of nitrogens with zero attached hydrogens (tertiary/aromatic N) is 4. The molecule has 0 fully saturated rings. The number of rotatable bonds is 0. The van der Waals surface area contributed by atoms with Crippen molar-refractivity contribution in [1.29, 1.82) is 5.26 Å². The molecule has 0 unspecified atom stereocenters. The molecule has 0 aliphatic heterocycles. The normalized spacial score (nSPS) is 10.0. The molecule has 0 saturated heterocycles. The highest BCUT2D eigenvalue weighted by Gasteiger charge is 2.03. The first-order valence-corrected chi connectivity index (χ1v) is 3.96. The molecule has 2 rings (SSSR count). The fourth-order valence-corrected chi connectivity index (χ4v) is 1.19. The number of hydrogen-bond donors (Lipinski definition) is 0. The zero-order valence-corrected chi connectivity index (χ0v) is 7.43. The third kappa shape index (κ3) is 1.13. The fourth-order valence-electron chi connectivity index (χ4n) is 1.19. The van der Waals surface area contributed by atoms with Gasteiger partial charge in [0.15, 0.2) is 0 Å². The molecule has 0 aliphatic carbocycles. The highest BCUT2D eigenvalue weighted by Crippen LogP contribution is 2.07. The van der Waals surface area contributed by atoms with Gasteiger partial charge in [-0.05, 0) is 18.2 Å². The van der Waals surface area contributed by atoms with Crippen LogP contribution in [0, 0.1) is 11.3 Å². The molecule has 0 saturated carbocycles. The Balaban J connectivity index is 2.93. The van der Waals surface area contributed by atoms with Crippen molar-refractivity contribution in [3.63, 3.8) is 0 Å². The summed E-state index contributed by atoms with van der Waals surface area (Å²) >= 11 is 0. The van der Waals surface area contributed by atoms with E-state index in [0.717, 1.165) is 4.68 Å². The van der Waals surface area contributed by atoms with Gasteiger partial charge in [-0.25, -0.2) is 4.68 Å². The zero-order valence-electron chi connectivity index (χ0n) is 7.43. The Morgan fingerprint density at radius 3 is 3.00 bits per heavy atom. The summed E-state index contributed by atoms with van der Waals surface area (Å²) in [5.74, 6) is 0. The maximum atomic E-state index is 11.5. The number of fused-ring (bicyclic) bond motifs is 1. The molecule has 5 nitrogen and oxygen atoms in total. The molecule has 1 heterocycles. The average molecular weight is 186 g/mol. The van der Waals surface area contributed by atoms with E-state index < -0.39 is 0 Å². The van der Waals surface area contributed by atoms with Crippen molar-refractivity contribution in [2.24, 2.45) is 7.05 Å². The Kier molecular flexibility index (Phi) is 1.75. The van der Waals surface area contributed by atoms with Gasteiger partial charge in [0.05, 0.1) is 17.0 Å². The number of aryl methyl sites for hydroxylation is 1. The van der Waals surface area contributed by atoms with Crippen LogP contribution >= 0.6 is 0 Å². The first-order chi connectivity index (χ1) is 6.72.